The van der Waals surface area contributed by atoms with Crippen LogP contribution in [0.1, 0.15) is 55.0 Å². The molecule has 0 aliphatic heterocycles. The zero-order valence-corrected chi connectivity index (χ0v) is 13.9. The number of nitrogens with one attached hydrogen (secondary N) is 1. The number of rotatable bonds is 5. The molecule has 3 heteroatoms. The highest BCUT2D eigenvalue weighted by Gasteiger charge is 2.25. The first-order chi connectivity index (χ1) is 10.3. The third-order valence-corrected chi connectivity index (χ3v) is 4.78. The van der Waals surface area contributed by atoms with E-state index in [0.29, 0.717) is 0 Å². The van der Waals surface area contributed by atoms with Crippen LogP contribution in [-0.2, 0) is 0 Å². The molecule has 1 aliphatic carbocycles. The van der Waals surface area contributed by atoms with Gasteiger partial charge in [0, 0.05) is 10.7 Å². The van der Waals surface area contributed by atoms with Gasteiger partial charge in [0.15, 0.2) is 0 Å². The van der Waals surface area contributed by atoms with Crippen LogP contribution in [0, 0.1) is 0 Å². The second kappa shape index (κ2) is 6.71. The highest BCUT2D eigenvalue weighted by Crippen LogP contribution is 2.40. The van der Waals surface area contributed by atoms with Gasteiger partial charge in [0.2, 0.25) is 0 Å². The SMILES string of the molecule is CCNC(c1ccc(Br)cn1)c1ccccc1C1CCC1. The molecule has 0 radical (unpaired) electrons. The van der Waals surface area contributed by atoms with Gasteiger partial charge in [-0.25, -0.2) is 0 Å². The first kappa shape index (κ1) is 14.7. The van der Waals surface area contributed by atoms with E-state index in [1.54, 1.807) is 0 Å². The zero-order chi connectivity index (χ0) is 14.7. The van der Waals surface area contributed by atoms with Crippen LogP contribution >= 0.6 is 15.9 Å². The molecule has 1 atom stereocenters. The molecule has 0 amide bonds. The van der Waals surface area contributed by atoms with Crippen LogP contribution in [0.15, 0.2) is 47.1 Å². The minimum absolute atomic E-state index is 0.180. The van der Waals surface area contributed by atoms with E-state index in [1.165, 1.54) is 30.4 Å². The Morgan fingerprint density at radius 2 is 2.05 bits per heavy atom. The molecule has 1 saturated carbocycles. The highest BCUT2D eigenvalue weighted by atomic mass is 79.9. The van der Waals surface area contributed by atoms with Gasteiger partial charge in [-0.15, -0.1) is 0 Å². The minimum Gasteiger partial charge on any atom is -0.305 e. The van der Waals surface area contributed by atoms with Crippen LogP contribution in [-0.4, -0.2) is 11.5 Å². The highest BCUT2D eigenvalue weighted by molar-refractivity contribution is 9.10. The summed E-state index contributed by atoms with van der Waals surface area (Å²) in [6, 6.07) is 13.2. The van der Waals surface area contributed by atoms with E-state index >= 15 is 0 Å². The first-order valence-corrected chi connectivity index (χ1v) is 8.52. The van der Waals surface area contributed by atoms with Gasteiger partial charge in [0.05, 0.1) is 11.7 Å². The molecule has 1 aromatic carbocycles. The summed E-state index contributed by atoms with van der Waals surface area (Å²) in [6.07, 6.45) is 5.89. The van der Waals surface area contributed by atoms with Crippen LogP contribution in [0.4, 0.5) is 0 Å². The Labute approximate surface area is 135 Å². The van der Waals surface area contributed by atoms with Gasteiger partial charge in [-0.1, -0.05) is 37.6 Å². The lowest BCUT2D eigenvalue weighted by Gasteiger charge is -2.30. The van der Waals surface area contributed by atoms with Crippen LogP contribution in [0.3, 0.4) is 0 Å². The quantitative estimate of drug-likeness (QED) is 0.841. The Balaban J connectivity index is 1.99. The fourth-order valence-electron chi connectivity index (χ4n) is 3.00. The molecule has 1 aromatic heterocycles. The topological polar surface area (TPSA) is 24.9 Å². The lowest BCUT2D eigenvalue weighted by atomic mass is 9.77. The number of pyridine rings is 1. The summed E-state index contributed by atoms with van der Waals surface area (Å²) in [4.78, 5) is 4.61. The average molecular weight is 345 g/mol. The summed E-state index contributed by atoms with van der Waals surface area (Å²) >= 11 is 3.46. The number of aromatic nitrogens is 1. The lowest BCUT2D eigenvalue weighted by molar-refractivity contribution is 0.414. The van der Waals surface area contributed by atoms with Crippen molar-refractivity contribution >= 4 is 15.9 Å². The maximum atomic E-state index is 4.61. The summed E-state index contributed by atoms with van der Waals surface area (Å²) in [6.45, 7) is 3.08. The second-order valence-corrected chi connectivity index (χ2v) is 6.56. The van der Waals surface area contributed by atoms with Crippen molar-refractivity contribution in [1.82, 2.24) is 10.3 Å². The number of nitrogens with zero attached hydrogens (tertiary/aromatic N) is 1. The van der Waals surface area contributed by atoms with Crippen molar-refractivity contribution in [2.24, 2.45) is 0 Å². The molecule has 0 bridgehead atoms. The van der Waals surface area contributed by atoms with Crippen molar-refractivity contribution in [2.75, 3.05) is 6.54 Å². The number of benzene rings is 1. The van der Waals surface area contributed by atoms with Crippen molar-refractivity contribution in [3.63, 3.8) is 0 Å². The largest absolute Gasteiger partial charge is 0.305 e. The molecule has 0 spiro atoms. The van der Waals surface area contributed by atoms with Crippen molar-refractivity contribution in [3.8, 4) is 0 Å². The fraction of sp³-hybridized carbons (Fsp3) is 0.389. The predicted octanol–water partition coefficient (Wildman–Crippen LogP) is 4.81. The van der Waals surface area contributed by atoms with E-state index in [0.717, 1.165) is 22.6 Å². The van der Waals surface area contributed by atoms with Gasteiger partial charge in [-0.3, -0.25) is 4.98 Å². The van der Waals surface area contributed by atoms with Gasteiger partial charge in [-0.05, 0) is 64.5 Å². The summed E-state index contributed by atoms with van der Waals surface area (Å²) in [5, 5.41) is 3.60. The molecule has 110 valence electrons. The van der Waals surface area contributed by atoms with Gasteiger partial charge in [0.25, 0.3) is 0 Å². The van der Waals surface area contributed by atoms with Crippen LogP contribution in [0.5, 0.6) is 0 Å². The van der Waals surface area contributed by atoms with Gasteiger partial charge >= 0.3 is 0 Å². The summed E-state index contributed by atoms with van der Waals surface area (Å²) in [5.41, 5.74) is 3.98. The molecule has 1 N–H and O–H groups in total. The average Bonchev–Trinajstić information content (AvgIpc) is 2.45. The second-order valence-electron chi connectivity index (χ2n) is 5.65. The van der Waals surface area contributed by atoms with Crippen molar-refractivity contribution in [3.05, 3.63) is 63.9 Å². The van der Waals surface area contributed by atoms with E-state index in [1.807, 2.05) is 6.20 Å². The predicted molar refractivity (Wildman–Crippen MR) is 90.5 cm³/mol. The van der Waals surface area contributed by atoms with Crippen LogP contribution < -0.4 is 5.32 Å². The van der Waals surface area contributed by atoms with Crippen molar-refractivity contribution in [1.29, 1.82) is 0 Å². The molecule has 2 nitrogen and oxygen atoms in total. The zero-order valence-electron chi connectivity index (χ0n) is 12.3. The lowest BCUT2D eigenvalue weighted by Crippen LogP contribution is -2.25. The van der Waals surface area contributed by atoms with Gasteiger partial charge < -0.3 is 5.32 Å². The monoisotopic (exact) mass is 344 g/mol. The maximum Gasteiger partial charge on any atom is 0.0754 e. The summed E-state index contributed by atoms with van der Waals surface area (Å²) in [7, 11) is 0. The smallest absolute Gasteiger partial charge is 0.0754 e. The Bertz CT molecular complexity index is 590. The van der Waals surface area contributed by atoms with Crippen molar-refractivity contribution in [2.45, 2.75) is 38.1 Å². The fourth-order valence-corrected chi connectivity index (χ4v) is 3.24. The molecule has 1 fully saturated rings. The Kier molecular flexibility index (Phi) is 4.71. The summed E-state index contributed by atoms with van der Waals surface area (Å²) < 4.78 is 1.02. The minimum atomic E-state index is 0.180. The molecule has 1 unspecified atom stereocenters. The maximum absolute atomic E-state index is 4.61. The van der Waals surface area contributed by atoms with Crippen LogP contribution in [0.25, 0.3) is 0 Å². The number of halogens is 1. The van der Waals surface area contributed by atoms with Gasteiger partial charge in [-0.2, -0.15) is 0 Å². The molecular formula is C18H21BrN2. The first-order valence-electron chi connectivity index (χ1n) is 7.73. The van der Waals surface area contributed by atoms with E-state index in [4.69, 9.17) is 0 Å². The van der Waals surface area contributed by atoms with E-state index < -0.39 is 0 Å². The number of hydrogen-bond donors (Lipinski definition) is 1. The molecule has 1 heterocycles. The van der Waals surface area contributed by atoms with E-state index in [9.17, 15) is 0 Å². The van der Waals surface area contributed by atoms with Crippen LogP contribution in [0.2, 0.25) is 0 Å². The standard InChI is InChI=1S/C18H21BrN2/c1-2-20-18(17-11-10-14(19)12-21-17)16-9-4-3-8-15(16)13-6-5-7-13/h3-4,8-13,18,20H,2,5-7H2,1H3. The third kappa shape index (κ3) is 3.19. The Morgan fingerprint density at radius 3 is 2.67 bits per heavy atom. The van der Waals surface area contributed by atoms with Gasteiger partial charge in [0.1, 0.15) is 0 Å². The molecule has 0 saturated heterocycles. The van der Waals surface area contributed by atoms with E-state index in [-0.39, 0.29) is 6.04 Å². The summed E-state index contributed by atoms with van der Waals surface area (Å²) in [5.74, 6) is 0.734. The Morgan fingerprint density at radius 1 is 1.24 bits per heavy atom. The van der Waals surface area contributed by atoms with E-state index in [2.05, 4.69) is 69.6 Å². The third-order valence-electron chi connectivity index (χ3n) is 4.31. The normalized spacial score (nSPS) is 16.5. The van der Waals surface area contributed by atoms with Crippen molar-refractivity contribution < 1.29 is 0 Å². The molecule has 1 aliphatic rings. The Hall–Kier alpha value is -1.19. The molecule has 3 rings (SSSR count). The molecule has 21 heavy (non-hydrogen) atoms. The molecule has 2 aromatic rings. The molecular weight excluding hydrogens is 324 g/mol. The number of hydrogen-bond acceptors (Lipinski definition) is 2.